The second kappa shape index (κ2) is 11.6. The van der Waals surface area contributed by atoms with Crippen LogP contribution >= 0.6 is 22.7 Å². The van der Waals surface area contributed by atoms with Gasteiger partial charge in [-0.2, -0.15) is 0 Å². The Morgan fingerprint density at radius 1 is 0.415 bits per heavy atom. The van der Waals surface area contributed by atoms with E-state index in [1.165, 1.54) is 78.5 Å². The lowest BCUT2D eigenvalue weighted by Crippen LogP contribution is -2.50. The van der Waals surface area contributed by atoms with E-state index in [4.69, 9.17) is 9.97 Å². The molecule has 0 fully saturated rings. The zero-order chi connectivity index (χ0) is 35.3. The minimum atomic E-state index is -2.13. The first-order valence-electron chi connectivity index (χ1n) is 18.1. The monoisotopic (exact) mass is 728 g/mol. The summed E-state index contributed by atoms with van der Waals surface area (Å²) in [5.41, 5.74) is 10.5. The van der Waals surface area contributed by atoms with Crippen molar-refractivity contribution in [3.8, 4) is 56.2 Å². The van der Waals surface area contributed by atoms with Gasteiger partial charge >= 0.3 is 0 Å². The van der Waals surface area contributed by atoms with Crippen LogP contribution in [0.5, 0.6) is 0 Å². The van der Waals surface area contributed by atoms with Gasteiger partial charge in [0.25, 0.3) is 0 Å². The Kier molecular flexibility index (Phi) is 6.78. The van der Waals surface area contributed by atoms with Crippen molar-refractivity contribution in [2.75, 3.05) is 0 Å². The molecule has 0 aliphatic carbocycles. The number of nitrogens with zero attached hydrogens (tertiary/aromatic N) is 2. The van der Waals surface area contributed by atoms with Crippen molar-refractivity contribution in [2.45, 2.75) is 13.1 Å². The highest BCUT2D eigenvalue weighted by atomic mass is 32.1. The number of hydrogen-bond donors (Lipinski definition) is 0. The Balaban J connectivity index is 1.11. The fourth-order valence-corrected chi connectivity index (χ4v) is 14.3. The first-order valence-corrected chi connectivity index (χ1v) is 22.7. The van der Waals surface area contributed by atoms with Crippen LogP contribution in [0.15, 0.2) is 158 Å². The molecule has 5 heteroatoms. The molecule has 0 amide bonds. The summed E-state index contributed by atoms with van der Waals surface area (Å²) in [5.74, 6) is 0.766. The van der Waals surface area contributed by atoms with Gasteiger partial charge in [-0.1, -0.05) is 147 Å². The summed E-state index contributed by atoms with van der Waals surface area (Å²) in [5, 5.41) is 8.01. The van der Waals surface area contributed by atoms with Gasteiger partial charge in [-0.15, -0.1) is 22.7 Å². The molecule has 0 bridgehead atoms. The van der Waals surface area contributed by atoms with Gasteiger partial charge < -0.3 is 0 Å². The Labute approximate surface area is 316 Å². The molecule has 0 saturated heterocycles. The van der Waals surface area contributed by atoms with Crippen molar-refractivity contribution in [3.05, 3.63) is 158 Å². The maximum Gasteiger partial charge on any atom is 0.160 e. The number of thiophene rings is 2. The average Bonchev–Trinajstić information content (AvgIpc) is 3.86. The van der Waals surface area contributed by atoms with E-state index in [1.54, 1.807) is 0 Å². The third kappa shape index (κ3) is 4.68. The van der Waals surface area contributed by atoms with E-state index in [-0.39, 0.29) is 0 Å². The van der Waals surface area contributed by atoms with Crippen LogP contribution in [-0.2, 0) is 0 Å². The minimum Gasteiger partial charge on any atom is -0.228 e. The van der Waals surface area contributed by atoms with Gasteiger partial charge in [0.05, 0.1) is 11.4 Å². The van der Waals surface area contributed by atoms with Crippen LogP contribution in [0.4, 0.5) is 0 Å². The molecule has 1 aliphatic rings. The Hall–Kier alpha value is -5.72. The lowest BCUT2D eigenvalue weighted by molar-refractivity contribution is 1.20. The molecule has 250 valence electrons. The quantitative estimate of drug-likeness (QED) is 0.169. The van der Waals surface area contributed by atoms with Gasteiger partial charge in [-0.3, -0.25) is 0 Å². The zero-order valence-electron chi connectivity index (χ0n) is 29.2. The second-order valence-electron chi connectivity index (χ2n) is 14.5. The summed E-state index contributed by atoms with van der Waals surface area (Å²) in [7, 11) is -2.13. The van der Waals surface area contributed by atoms with Crippen LogP contribution in [0.25, 0.3) is 96.5 Å². The molecular weight excluding hydrogens is 697 g/mol. The first kappa shape index (κ1) is 30.9. The number of aromatic nitrogens is 2. The number of hydrogen-bond acceptors (Lipinski definition) is 4. The van der Waals surface area contributed by atoms with Crippen LogP contribution in [0, 0.1) is 0 Å². The molecule has 0 N–H and O–H groups in total. The van der Waals surface area contributed by atoms with Crippen molar-refractivity contribution < 1.29 is 0 Å². The summed E-state index contributed by atoms with van der Waals surface area (Å²) in [6.45, 7) is 4.91. The molecule has 3 aromatic heterocycles. The van der Waals surface area contributed by atoms with Crippen molar-refractivity contribution in [1.82, 2.24) is 9.97 Å². The molecular formula is C48H32N2S2Si. The van der Waals surface area contributed by atoms with E-state index in [0.717, 1.165) is 28.3 Å². The smallest absolute Gasteiger partial charge is 0.160 e. The van der Waals surface area contributed by atoms with E-state index < -0.39 is 8.07 Å². The third-order valence-electron chi connectivity index (χ3n) is 11.1. The third-order valence-corrected chi connectivity index (χ3v) is 17.0. The van der Waals surface area contributed by atoms with Crippen molar-refractivity contribution in [3.63, 3.8) is 0 Å². The van der Waals surface area contributed by atoms with Gasteiger partial charge in [0, 0.05) is 51.5 Å². The maximum absolute atomic E-state index is 5.56. The minimum absolute atomic E-state index is 0.766. The van der Waals surface area contributed by atoms with E-state index >= 15 is 0 Å². The highest BCUT2D eigenvalue weighted by Crippen LogP contribution is 2.43. The molecule has 0 radical (unpaired) electrons. The Morgan fingerprint density at radius 2 is 0.887 bits per heavy atom. The first-order chi connectivity index (χ1) is 26.0. The molecule has 10 aromatic rings. The van der Waals surface area contributed by atoms with Gasteiger partial charge in [0.2, 0.25) is 0 Å². The fraction of sp³-hybridized carbons (Fsp3) is 0.0417. The average molecular weight is 729 g/mol. The molecule has 2 nitrogen and oxygen atoms in total. The lowest BCUT2D eigenvalue weighted by atomic mass is 9.98. The number of fused-ring (bicyclic) bond motifs is 9. The van der Waals surface area contributed by atoms with Gasteiger partial charge in [-0.05, 0) is 62.5 Å². The largest absolute Gasteiger partial charge is 0.228 e. The molecule has 0 atom stereocenters. The predicted molar refractivity (Wildman–Crippen MR) is 232 cm³/mol. The lowest BCUT2D eigenvalue weighted by Gasteiger charge is -2.22. The van der Waals surface area contributed by atoms with Gasteiger partial charge in [-0.25, -0.2) is 9.97 Å². The fourth-order valence-electron chi connectivity index (χ4n) is 8.56. The highest BCUT2D eigenvalue weighted by Gasteiger charge is 2.41. The molecule has 0 saturated carbocycles. The molecule has 0 spiro atoms. The molecule has 4 heterocycles. The van der Waals surface area contributed by atoms with Crippen LogP contribution in [0.2, 0.25) is 13.1 Å². The van der Waals surface area contributed by atoms with E-state index in [2.05, 4.69) is 171 Å². The van der Waals surface area contributed by atoms with E-state index in [9.17, 15) is 0 Å². The maximum atomic E-state index is 5.56. The van der Waals surface area contributed by atoms with Crippen LogP contribution in [-0.4, -0.2) is 18.0 Å². The molecule has 1 aliphatic heterocycles. The summed E-state index contributed by atoms with van der Waals surface area (Å²) in [6.07, 6.45) is 0. The Morgan fingerprint density at radius 3 is 1.55 bits per heavy atom. The molecule has 7 aromatic carbocycles. The predicted octanol–water partition coefficient (Wildman–Crippen LogP) is 12.7. The van der Waals surface area contributed by atoms with Gasteiger partial charge in [0.1, 0.15) is 8.07 Å². The Bertz CT molecular complexity index is 3120. The normalized spacial score (nSPS) is 13.2. The molecule has 53 heavy (non-hydrogen) atoms. The van der Waals surface area contributed by atoms with Crippen molar-refractivity contribution in [1.29, 1.82) is 0 Å². The van der Waals surface area contributed by atoms with Crippen LogP contribution < -0.4 is 10.4 Å². The standard InChI is InChI=1S/C48H32N2S2Si/c1-53(2)42-26-8-5-19-39(42)44-47(53)43(31-15-9-13-29(27-31)33-20-11-22-37-35-17-3-6-24-40(35)51-45(33)37)49-48(50-44)32-16-10-14-30(28-32)34-21-12-23-38-36-18-4-7-25-41(36)52-46(34)38/h3-28H,1-2H3. The summed E-state index contributed by atoms with van der Waals surface area (Å²) < 4.78 is 5.27. The molecule has 0 unspecified atom stereocenters. The SMILES string of the molecule is C[Si]1(C)c2ccccc2-c2nc(-c3cccc(-c4cccc5c4sc4ccccc45)c3)nc(-c3cccc(-c4cccc5c4sc4ccccc45)c3)c21. The topological polar surface area (TPSA) is 25.8 Å². The van der Waals surface area contributed by atoms with Crippen molar-refractivity contribution in [2.24, 2.45) is 0 Å². The number of rotatable bonds is 4. The zero-order valence-corrected chi connectivity index (χ0v) is 31.9. The second-order valence-corrected chi connectivity index (χ2v) is 20.9. The summed E-state index contributed by atoms with van der Waals surface area (Å²) >= 11 is 3.75. The summed E-state index contributed by atoms with van der Waals surface area (Å²) in [6, 6.07) is 57.6. The van der Waals surface area contributed by atoms with E-state index in [0.29, 0.717) is 0 Å². The van der Waals surface area contributed by atoms with Crippen molar-refractivity contribution >= 4 is 81.5 Å². The summed E-state index contributed by atoms with van der Waals surface area (Å²) in [4.78, 5) is 11.0. The van der Waals surface area contributed by atoms with Crippen LogP contribution in [0.3, 0.4) is 0 Å². The van der Waals surface area contributed by atoms with Gasteiger partial charge in [0.15, 0.2) is 5.82 Å². The molecule has 11 rings (SSSR count). The number of benzene rings is 7. The van der Waals surface area contributed by atoms with E-state index in [1.807, 2.05) is 22.7 Å². The highest BCUT2D eigenvalue weighted by molar-refractivity contribution is 7.26. The van der Waals surface area contributed by atoms with Crippen LogP contribution in [0.1, 0.15) is 0 Å².